The minimum atomic E-state index is 0.926. The molecule has 19 heavy (non-hydrogen) atoms. The lowest BCUT2D eigenvalue weighted by Crippen LogP contribution is -2.50. The quantitative estimate of drug-likeness (QED) is 0.754. The van der Waals surface area contributed by atoms with Crippen LogP contribution in [0.5, 0.6) is 0 Å². The molecule has 2 bridgehead atoms. The second-order valence-electron chi connectivity index (χ2n) is 7.61. The summed E-state index contributed by atoms with van der Waals surface area (Å²) in [5, 5.41) is 0. The van der Waals surface area contributed by atoms with Crippen LogP contribution in [-0.4, -0.2) is 48.1 Å². The van der Waals surface area contributed by atoms with Gasteiger partial charge in [0, 0.05) is 12.1 Å². The zero-order valence-corrected chi connectivity index (χ0v) is 12.4. The van der Waals surface area contributed by atoms with Crippen molar-refractivity contribution >= 4 is 0 Å². The Morgan fingerprint density at radius 3 is 2.05 bits per heavy atom. The maximum absolute atomic E-state index is 2.88. The summed E-state index contributed by atoms with van der Waals surface area (Å²) >= 11 is 0. The van der Waals surface area contributed by atoms with Crippen LogP contribution in [0, 0.1) is 11.8 Å². The first-order valence-electron chi connectivity index (χ1n) is 8.88. The third-order valence-electron chi connectivity index (χ3n) is 6.58. The van der Waals surface area contributed by atoms with E-state index >= 15 is 0 Å². The second kappa shape index (κ2) is 5.37. The van der Waals surface area contributed by atoms with Gasteiger partial charge in [-0.1, -0.05) is 12.8 Å². The van der Waals surface area contributed by atoms with E-state index in [0.29, 0.717) is 0 Å². The molecule has 3 atom stereocenters. The summed E-state index contributed by atoms with van der Waals surface area (Å²) in [6, 6.07) is 1.91. The van der Waals surface area contributed by atoms with Gasteiger partial charge in [0.25, 0.3) is 0 Å². The third kappa shape index (κ3) is 2.47. The van der Waals surface area contributed by atoms with Crippen LogP contribution in [0.4, 0.5) is 0 Å². The standard InChI is InChI=1S/C17H30N2/c1-2-8-18(9-3-1)16-6-10-19(11-7-16)17-13-14-4-5-15(17)12-14/h14-17H,1-13H2/t14-,15-,17+/m0/s1. The molecule has 4 fully saturated rings. The number of likely N-dealkylation sites (tertiary alicyclic amines) is 2. The van der Waals surface area contributed by atoms with E-state index in [4.69, 9.17) is 0 Å². The minimum absolute atomic E-state index is 0.926. The highest BCUT2D eigenvalue weighted by Gasteiger charge is 2.43. The Bertz CT molecular complexity index is 302. The molecule has 0 aromatic rings. The Morgan fingerprint density at radius 1 is 0.632 bits per heavy atom. The van der Waals surface area contributed by atoms with E-state index in [1.807, 2.05) is 0 Å². The average Bonchev–Trinajstić information content (AvgIpc) is 3.11. The molecule has 108 valence electrons. The number of rotatable bonds is 2. The minimum Gasteiger partial charge on any atom is -0.300 e. The fraction of sp³-hybridized carbons (Fsp3) is 1.00. The summed E-state index contributed by atoms with van der Waals surface area (Å²) < 4.78 is 0. The van der Waals surface area contributed by atoms with Gasteiger partial charge in [-0.2, -0.15) is 0 Å². The molecule has 4 rings (SSSR count). The van der Waals surface area contributed by atoms with Crippen LogP contribution in [0.25, 0.3) is 0 Å². The lowest BCUT2D eigenvalue weighted by atomic mass is 9.91. The first-order valence-corrected chi connectivity index (χ1v) is 8.88. The Hall–Kier alpha value is -0.0800. The number of hydrogen-bond acceptors (Lipinski definition) is 2. The van der Waals surface area contributed by atoms with E-state index in [0.717, 1.165) is 23.9 Å². The van der Waals surface area contributed by atoms with E-state index in [-0.39, 0.29) is 0 Å². The van der Waals surface area contributed by atoms with Gasteiger partial charge in [-0.3, -0.25) is 4.90 Å². The molecule has 2 saturated carbocycles. The van der Waals surface area contributed by atoms with Gasteiger partial charge in [-0.25, -0.2) is 0 Å². The van der Waals surface area contributed by atoms with Gasteiger partial charge < -0.3 is 4.90 Å². The van der Waals surface area contributed by atoms with Crippen LogP contribution in [0.15, 0.2) is 0 Å². The van der Waals surface area contributed by atoms with Crippen LogP contribution in [0.3, 0.4) is 0 Å². The molecule has 0 radical (unpaired) electrons. The van der Waals surface area contributed by atoms with Gasteiger partial charge in [0.2, 0.25) is 0 Å². The molecule has 2 heterocycles. The average molecular weight is 262 g/mol. The molecule has 0 aromatic heterocycles. The fourth-order valence-electron chi connectivity index (χ4n) is 5.52. The van der Waals surface area contributed by atoms with Crippen molar-refractivity contribution in [2.45, 2.75) is 69.9 Å². The Morgan fingerprint density at radius 2 is 1.42 bits per heavy atom. The monoisotopic (exact) mass is 262 g/mol. The molecule has 0 aromatic carbocycles. The first kappa shape index (κ1) is 12.6. The van der Waals surface area contributed by atoms with Crippen LogP contribution >= 0.6 is 0 Å². The normalized spacial score (nSPS) is 42.0. The molecule has 4 aliphatic rings. The lowest BCUT2D eigenvalue weighted by molar-refractivity contribution is 0.0562. The summed E-state index contributed by atoms with van der Waals surface area (Å²) in [7, 11) is 0. The van der Waals surface area contributed by atoms with Crippen LogP contribution < -0.4 is 0 Å². The largest absolute Gasteiger partial charge is 0.300 e. The zero-order chi connectivity index (χ0) is 12.7. The number of hydrogen-bond donors (Lipinski definition) is 0. The molecular weight excluding hydrogens is 232 g/mol. The molecule has 2 heteroatoms. The maximum Gasteiger partial charge on any atom is 0.0126 e. The third-order valence-corrected chi connectivity index (χ3v) is 6.58. The summed E-state index contributed by atoms with van der Waals surface area (Å²) in [6.45, 7) is 5.57. The predicted molar refractivity (Wildman–Crippen MR) is 79.3 cm³/mol. The van der Waals surface area contributed by atoms with Gasteiger partial charge in [0.15, 0.2) is 0 Å². The van der Waals surface area contributed by atoms with Gasteiger partial charge in [0.1, 0.15) is 0 Å². The van der Waals surface area contributed by atoms with Crippen LogP contribution in [-0.2, 0) is 0 Å². The number of piperidine rings is 2. The van der Waals surface area contributed by atoms with Crippen LogP contribution in [0.1, 0.15) is 57.8 Å². The Balaban J connectivity index is 1.30. The van der Waals surface area contributed by atoms with Crippen molar-refractivity contribution in [1.29, 1.82) is 0 Å². The maximum atomic E-state index is 2.88. The molecule has 0 unspecified atom stereocenters. The predicted octanol–water partition coefficient (Wildman–Crippen LogP) is 3.13. The van der Waals surface area contributed by atoms with Crippen molar-refractivity contribution in [3.8, 4) is 0 Å². The highest BCUT2D eigenvalue weighted by molar-refractivity contribution is 4.97. The number of nitrogens with zero attached hydrogens (tertiary/aromatic N) is 2. The Labute approximate surface area is 118 Å². The van der Waals surface area contributed by atoms with E-state index in [1.165, 1.54) is 58.3 Å². The van der Waals surface area contributed by atoms with Crippen molar-refractivity contribution in [1.82, 2.24) is 9.80 Å². The van der Waals surface area contributed by atoms with Crippen molar-refractivity contribution in [3.63, 3.8) is 0 Å². The molecular formula is C17H30N2. The van der Waals surface area contributed by atoms with Gasteiger partial charge in [0.05, 0.1) is 0 Å². The van der Waals surface area contributed by atoms with E-state index < -0.39 is 0 Å². The highest BCUT2D eigenvalue weighted by Crippen LogP contribution is 2.47. The van der Waals surface area contributed by atoms with E-state index in [1.54, 1.807) is 25.7 Å². The van der Waals surface area contributed by atoms with E-state index in [9.17, 15) is 0 Å². The SMILES string of the molecule is C1CCN(C2CCN([C@@H]3C[C@H]4CC[C@H]3C4)CC2)CC1. The smallest absolute Gasteiger partial charge is 0.0126 e. The second-order valence-corrected chi connectivity index (χ2v) is 7.61. The van der Waals surface area contributed by atoms with E-state index in [2.05, 4.69) is 9.80 Å². The zero-order valence-electron chi connectivity index (χ0n) is 12.4. The molecule has 0 spiro atoms. The molecule has 2 aliphatic carbocycles. The fourth-order valence-corrected chi connectivity index (χ4v) is 5.52. The van der Waals surface area contributed by atoms with Crippen molar-refractivity contribution in [2.75, 3.05) is 26.2 Å². The van der Waals surface area contributed by atoms with Crippen molar-refractivity contribution in [3.05, 3.63) is 0 Å². The van der Waals surface area contributed by atoms with Crippen molar-refractivity contribution < 1.29 is 0 Å². The molecule has 2 aliphatic heterocycles. The van der Waals surface area contributed by atoms with Gasteiger partial charge in [-0.15, -0.1) is 0 Å². The lowest BCUT2D eigenvalue weighted by Gasteiger charge is -2.43. The van der Waals surface area contributed by atoms with Gasteiger partial charge >= 0.3 is 0 Å². The highest BCUT2D eigenvalue weighted by atomic mass is 15.2. The first-order chi connectivity index (χ1) is 9.40. The molecule has 0 N–H and O–H groups in total. The summed E-state index contributed by atoms with van der Waals surface area (Å²) in [5.41, 5.74) is 0. The molecule has 2 saturated heterocycles. The molecule has 2 nitrogen and oxygen atoms in total. The number of fused-ring (bicyclic) bond motifs is 2. The summed E-state index contributed by atoms with van der Waals surface area (Å²) in [5.74, 6) is 2.19. The topological polar surface area (TPSA) is 6.48 Å². The van der Waals surface area contributed by atoms with Crippen LogP contribution in [0.2, 0.25) is 0 Å². The van der Waals surface area contributed by atoms with Crippen molar-refractivity contribution in [2.24, 2.45) is 11.8 Å². The Kier molecular flexibility index (Phi) is 3.57. The summed E-state index contributed by atoms with van der Waals surface area (Å²) in [6.07, 6.45) is 13.5. The summed E-state index contributed by atoms with van der Waals surface area (Å²) in [4.78, 5) is 5.69. The molecule has 0 amide bonds. The van der Waals surface area contributed by atoms with Gasteiger partial charge in [-0.05, 0) is 83.0 Å².